The summed E-state index contributed by atoms with van der Waals surface area (Å²) < 4.78 is 5.13. The number of nitrogens with zero attached hydrogens (tertiary/aromatic N) is 1. The van der Waals surface area contributed by atoms with Gasteiger partial charge < -0.3 is 9.73 Å². The van der Waals surface area contributed by atoms with Gasteiger partial charge in [0.1, 0.15) is 0 Å². The van der Waals surface area contributed by atoms with Crippen molar-refractivity contribution in [1.82, 2.24) is 10.2 Å². The van der Waals surface area contributed by atoms with Crippen LogP contribution in [0.15, 0.2) is 23.0 Å². The topological polar surface area (TPSA) is 28.4 Å². The summed E-state index contributed by atoms with van der Waals surface area (Å²) >= 11 is 0. The summed E-state index contributed by atoms with van der Waals surface area (Å²) in [4.78, 5) is 2.54. The Balaban J connectivity index is 1.94. The minimum absolute atomic E-state index is 0.722. The summed E-state index contributed by atoms with van der Waals surface area (Å²) in [5, 5.41) is 3.52. The normalized spacial score (nSPS) is 28.6. The third-order valence-electron chi connectivity index (χ3n) is 3.11. The maximum atomic E-state index is 5.13. The van der Waals surface area contributed by atoms with Crippen molar-refractivity contribution in [1.29, 1.82) is 0 Å². The Morgan fingerprint density at radius 3 is 2.56 bits per heavy atom. The van der Waals surface area contributed by atoms with Crippen LogP contribution in [0.3, 0.4) is 0 Å². The molecular formula is C13H22N2O. The standard InChI is InChI=1S/C13H22N2O/c1-11-5-14-6-12(2)8-15(7-11)9-13-3-4-16-10-13/h3-4,10-12,14H,5-9H2,1-2H3. The Labute approximate surface area is 97.8 Å². The molecule has 1 aromatic heterocycles. The van der Waals surface area contributed by atoms with Crippen LogP contribution in [0, 0.1) is 11.8 Å². The molecule has 1 aliphatic heterocycles. The number of hydrogen-bond acceptors (Lipinski definition) is 3. The summed E-state index contributed by atoms with van der Waals surface area (Å²) in [5.74, 6) is 1.44. The predicted octanol–water partition coefficient (Wildman–Crippen LogP) is 1.96. The predicted molar refractivity (Wildman–Crippen MR) is 65.2 cm³/mol. The van der Waals surface area contributed by atoms with Gasteiger partial charge in [-0.15, -0.1) is 0 Å². The van der Waals surface area contributed by atoms with Gasteiger partial charge in [0.15, 0.2) is 0 Å². The summed E-state index contributed by atoms with van der Waals surface area (Å²) in [6.07, 6.45) is 3.61. The van der Waals surface area contributed by atoms with Crippen LogP contribution in [0.5, 0.6) is 0 Å². The first-order chi connectivity index (χ1) is 7.74. The van der Waals surface area contributed by atoms with Crippen molar-refractivity contribution in [3.63, 3.8) is 0 Å². The highest BCUT2D eigenvalue weighted by atomic mass is 16.3. The van der Waals surface area contributed by atoms with Gasteiger partial charge in [0, 0.05) is 25.2 Å². The molecule has 2 atom stereocenters. The summed E-state index contributed by atoms with van der Waals surface area (Å²) in [5.41, 5.74) is 1.29. The van der Waals surface area contributed by atoms with Crippen molar-refractivity contribution in [2.24, 2.45) is 11.8 Å². The van der Waals surface area contributed by atoms with Gasteiger partial charge in [-0.1, -0.05) is 13.8 Å². The van der Waals surface area contributed by atoms with Crippen LogP contribution in [-0.2, 0) is 6.54 Å². The fourth-order valence-electron chi connectivity index (χ4n) is 2.43. The Morgan fingerprint density at radius 1 is 1.31 bits per heavy atom. The molecule has 1 aromatic rings. The van der Waals surface area contributed by atoms with E-state index < -0.39 is 0 Å². The highest BCUT2D eigenvalue weighted by Gasteiger charge is 2.17. The molecule has 0 bridgehead atoms. The third kappa shape index (κ3) is 3.35. The van der Waals surface area contributed by atoms with Gasteiger partial charge in [-0.25, -0.2) is 0 Å². The SMILES string of the molecule is CC1CNCC(C)CN(Cc2ccoc2)C1. The molecule has 3 heteroatoms. The van der Waals surface area contributed by atoms with Gasteiger partial charge in [0.2, 0.25) is 0 Å². The number of rotatable bonds is 2. The molecular weight excluding hydrogens is 200 g/mol. The lowest BCUT2D eigenvalue weighted by Gasteiger charge is -2.31. The van der Waals surface area contributed by atoms with Gasteiger partial charge in [-0.2, -0.15) is 0 Å². The van der Waals surface area contributed by atoms with E-state index in [0.717, 1.165) is 31.5 Å². The molecule has 0 amide bonds. The van der Waals surface area contributed by atoms with E-state index in [1.807, 2.05) is 6.26 Å². The van der Waals surface area contributed by atoms with E-state index >= 15 is 0 Å². The second kappa shape index (κ2) is 5.51. The zero-order valence-electron chi connectivity index (χ0n) is 10.3. The van der Waals surface area contributed by atoms with Crippen LogP contribution in [0.4, 0.5) is 0 Å². The van der Waals surface area contributed by atoms with Crippen molar-refractivity contribution in [2.45, 2.75) is 20.4 Å². The van der Waals surface area contributed by atoms with Crippen LogP contribution in [0.2, 0.25) is 0 Å². The van der Waals surface area contributed by atoms with Crippen LogP contribution in [0.25, 0.3) is 0 Å². The molecule has 0 spiro atoms. The minimum atomic E-state index is 0.722. The fourth-order valence-corrected chi connectivity index (χ4v) is 2.43. The number of furan rings is 1. The zero-order valence-corrected chi connectivity index (χ0v) is 10.3. The van der Waals surface area contributed by atoms with Crippen molar-refractivity contribution in [3.05, 3.63) is 24.2 Å². The molecule has 1 fully saturated rings. The van der Waals surface area contributed by atoms with Crippen molar-refractivity contribution in [2.75, 3.05) is 26.2 Å². The highest BCUT2D eigenvalue weighted by molar-refractivity contribution is 5.05. The lowest BCUT2D eigenvalue weighted by Crippen LogP contribution is -2.42. The van der Waals surface area contributed by atoms with Crippen LogP contribution >= 0.6 is 0 Å². The van der Waals surface area contributed by atoms with Crippen LogP contribution in [-0.4, -0.2) is 31.1 Å². The molecule has 0 aromatic carbocycles. The molecule has 2 unspecified atom stereocenters. The van der Waals surface area contributed by atoms with E-state index in [2.05, 4.69) is 30.1 Å². The van der Waals surface area contributed by atoms with E-state index in [-0.39, 0.29) is 0 Å². The van der Waals surface area contributed by atoms with Gasteiger partial charge in [-0.05, 0) is 31.0 Å². The first kappa shape index (κ1) is 11.7. The second-order valence-corrected chi connectivity index (χ2v) is 5.19. The molecule has 1 N–H and O–H groups in total. The number of nitrogens with one attached hydrogen (secondary N) is 1. The molecule has 0 aliphatic carbocycles. The fraction of sp³-hybridized carbons (Fsp3) is 0.692. The first-order valence-corrected chi connectivity index (χ1v) is 6.18. The lowest BCUT2D eigenvalue weighted by molar-refractivity contribution is 0.178. The molecule has 2 heterocycles. The molecule has 1 aliphatic rings. The summed E-state index contributed by atoms with van der Waals surface area (Å²) in [6, 6.07) is 2.06. The Kier molecular flexibility index (Phi) is 4.02. The van der Waals surface area contributed by atoms with E-state index in [1.54, 1.807) is 6.26 Å². The van der Waals surface area contributed by atoms with Gasteiger partial charge in [0.05, 0.1) is 12.5 Å². The average Bonchev–Trinajstić information content (AvgIpc) is 2.67. The zero-order chi connectivity index (χ0) is 11.4. The van der Waals surface area contributed by atoms with E-state index in [9.17, 15) is 0 Å². The van der Waals surface area contributed by atoms with Crippen molar-refractivity contribution < 1.29 is 4.42 Å². The van der Waals surface area contributed by atoms with Gasteiger partial charge in [-0.3, -0.25) is 4.90 Å². The Morgan fingerprint density at radius 2 is 2.00 bits per heavy atom. The van der Waals surface area contributed by atoms with Gasteiger partial charge >= 0.3 is 0 Å². The Hall–Kier alpha value is -0.800. The quantitative estimate of drug-likeness (QED) is 0.829. The largest absolute Gasteiger partial charge is 0.472 e. The Bertz CT molecular complexity index is 285. The summed E-state index contributed by atoms with van der Waals surface area (Å²) in [7, 11) is 0. The smallest absolute Gasteiger partial charge is 0.0947 e. The average molecular weight is 222 g/mol. The molecule has 0 radical (unpaired) electrons. The molecule has 2 rings (SSSR count). The summed E-state index contributed by atoms with van der Waals surface area (Å²) in [6.45, 7) is 10.2. The monoisotopic (exact) mass is 222 g/mol. The molecule has 0 saturated carbocycles. The maximum absolute atomic E-state index is 5.13. The van der Waals surface area contributed by atoms with E-state index in [1.165, 1.54) is 18.7 Å². The maximum Gasteiger partial charge on any atom is 0.0947 e. The molecule has 3 nitrogen and oxygen atoms in total. The molecule has 1 saturated heterocycles. The van der Waals surface area contributed by atoms with E-state index in [4.69, 9.17) is 4.42 Å². The van der Waals surface area contributed by atoms with Crippen LogP contribution < -0.4 is 5.32 Å². The van der Waals surface area contributed by atoms with Crippen molar-refractivity contribution in [3.8, 4) is 0 Å². The first-order valence-electron chi connectivity index (χ1n) is 6.18. The van der Waals surface area contributed by atoms with E-state index in [0.29, 0.717) is 0 Å². The second-order valence-electron chi connectivity index (χ2n) is 5.19. The van der Waals surface area contributed by atoms with Gasteiger partial charge in [0.25, 0.3) is 0 Å². The highest BCUT2D eigenvalue weighted by Crippen LogP contribution is 2.12. The molecule has 16 heavy (non-hydrogen) atoms. The van der Waals surface area contributed by atoms with Crippen LogP contribution in [0.1, 0.15) is 19.4 Å². The minimum Gasteiger partial charge on any atom is -0.472 e. The third-order valence-corrected chi connectivity index (χ3v) is 3.11. The number of hydrogen-bond donors (Lipinski definition) is 1. The van der Waals surface area contributed by atoms with Crippen molar-refractivity contribution >= 4 is 0 Å². The lowest BCUT2D eigenvalue weighted by atomic mass is 10.1. The molecule has 90 valence electrons.